The van der Waals surface area contributed by atoms with Crippen LogP contribution in [0.2, 0.25) is 0 Å². The molecule has 0 saturated carbocycles. The molecule has 134 valence electrons. The maximum Gasteiger partial charge on any atom is 0.261 e. The topological polar surface area (TPSA) is 66.5 Å². The van der Waals surface area contributed by atoms with Crippen LogP contribution in [0.25, 0.3) is 0 Å². The van der Waals surface area contributed by atoms with Gasteiger partial charge in [0.1, 0.15) is 0 Å². The summed E-state index contributed by atoms with van der Waals surface area (Å²) in [7, 11) is -0.320. The first-order valence-electron chi connectivity index (χ1n) is 8.19. The molecule has 0 aromatic heterocycles. The minimum absolute atomic E-state index is 0.130. The zero-order valence-corrected chi connectivity index (χ0v) is 15.8. The molecule has 1 unspecified atom stereocenters. The van der Waals surface area contributed by atoms with Crippen molar-refractivity contribution in [2.75, 3.05) is 18.8 Å². The normalized spacial score (nSPS) is 12.5. The SMILES string of the molecule is CCC(C)c1ccc(S(=O)(=O)Nc2ccc(C(=O)N(C)C)cc2)cc1. The molecule has 0 spiro atoms. The van der Waals surface area contributed by atoms with Crippen molar-refractivity contribution in [1.29, 1.82) is 0 Å². The van der Waals surface area contributed by atoms with E-state index in [1.54, 1.807) is 50.5 Å². The third kappa shape index (κ3) is 4.60. The molecule has 1 atom stereocenters. The number of carbonyl (C=O) groups is 1. The Bertz CT molecular complexity index is 826. The highest BCUT2D eigenvalue weighted by atomic mass is 32.2. The Kier molecular flexibility index (Phi) is 5.85. The van der Waals surface area contributed by atoms with Gasteiger partial charge in [0.05, 0.1) is 4.90 Å². The second kappa shape index (κ2) is 7.70. The van der Waals surface area contributed by atoms with Crippen LogP contribution in [0, 0.1) is 0 Å². The van der Waals surface area contributed by atoms with E-state index in [4.69, 9.17) is 0 Å². The average Bonchev–Trinajstić information content (AvgIpc) is 2.60. The third-order valence-electron chi connectivity index (χ3n) is 4.16. The van der Waals surface area contributed by atoms with Gasteiger partial charge >= 0.3 is 0 Å². The molecule has 0 saturated heterocycles. The predicted molar refractivity (Wildman–Crippen MR) is 100 cm³/mol. The van der Waals surface area contributed by atoms with Gasteiger partial charge in [-0.25, -0.2) is 8.42 Å². The number of hydrogen-bond donors (Lipinski definition) is 1. The molecule has 0 fully saturated rings. The van der Waals surface area contributed by atoms with Gasteiger partial charge in [-0.3, -0.25) is 9.52 Å². The summed E-state index contributed by atoms with van der Waals surface area (Å²) in [5.74, 6) is 0.265. The van der Waals surface area contributed by atoms with Crippen LogP contribution in [0.1, 0.15) is 42.1 Å². The second-order valence-electron chi connectivity index (χ2n) is 6.26. The van der Waals surface area contributed by atoms with E-state index in [1.165, 1.54) is 4.90 Å². The zero-order valence-electron chi connectivity index (χ0n) is 15.0. The first-order chi connectivity index (χ1) is 11.7. The highest BCUT2D eigenvalue weighted by Crippen LogP contribution is 2.22. The van der Waals surface area contributed by atoms with Crippen LogP contribution in [0.15, 0.2) is 53.4 Å². The number of hydrogen-bond acceptors (Lipinski definition) is 3. The summed E-state index contributed by atoms with van der Waals surface area (Å²) in [5.41, 5.74) is 2.04. The minimum atomic E-state index is -3.66. The van der Waals surface area contributed by atoms with Crippen molar-refractivity contribution >= 4 is 21.6 Å². The summed E-state index contributed by atoms with van der Waals surface area (Å²) in [4.78, 5) is 13.5. The van der Waals surface area contributed by atoms with Crippen LogP contribution in [-0.2, 0) is 10.0 Å². The molecule has 25 heavy (non-hydrogen) atoms. The maximum absolute atomic E-state index is 12.5. The number of amides is 1. The largest absolute Gasteiger partial charge is 0.345 e. The Hall–Kier alpha value is -2.34. The monoisotopic (exact) mass is 360 g/mol. The fraction of sp³-hybridized carbons (Fsp3) is 0.316. The summed E-state index contributed by atoms with van der Waals surface area (Å²) in [6, 6.07) is 13.3. The molecule has 0 aliphatic heterocycles. The van der Waals surface area contributed by atoms with Gasteiger partial charge in [0.2, 0.25) is 0 Å². The lowest BCUT2D eigenvalue weighted by Crippen LogP contribution is -2.21. The average molecular weight is 360 g/mol. The molecule has 1 N–H and O–H groups in total. The summed E-state index contributed by atoms with van der Waals surface area (Å²) in [5, 5.41) is 0. The molecular weight excluding hydrogens is 336 g/mol. The Morgan fingerprint density at radius 1 is 1.04 bits per heavy atom. The van der Waals surface area contributed by atoms with Crippen molar-refractivity contribution in [2.45, 2.75) is 31.1 Å². The van der Waals surface area contributed by atoms with Gasteiger partial charge in [0.15, 0.2) is 0 Å². The molecule has 0 aliphatic rings. The van der Waals surface area contributed by atoms with Crippen molar-refractivity contribution in [3.63, 3.8) is 0 Å². The summed E-state index contributed by atoms with van der Waals surface area (Å²) in [6.07, 6.45) is 1.00. The van der Waals surface area contributed by atoms with Gasteiger partial charge in [-0.05, 0) is 54.3 Å². The zero-order chi connectivity index (χ0) is 18.6. The molecule has 0 bridgehead atoms. The van der Waals surface area contributed by atoms with Crippen LogP contribution < -0.4 is 4.72 Å². The standard InChI is InChI=1S/C19H24N2O3S/c1-5-14(2)15-8-12-18(13-9-15)25(23,24)20-17-10-6-16(7-11-17)19(22)21(3)4/h6-14,20H,5H2,1-4H3. The summed E-state index contributed by atoms with van der Waals surface area (Å²) in [6.45, 7) is 4.21. The molecule has 1 amide bonds. The molecule has 0 radical (unpaired) electrons. The summed E-state index contributed by atoms with van der Waals surface area (Å²) < 4.78 is 27.5. The van der Waals surface area contributed by atoms with E-state index < -0.39 is 10.0 Å². The van der Waals surface area contributed by atoms with E-state index >= 15 is 0 Å². The number of benzene rings is 2. The fourth-order valence-electron chi connectivity index (χ4n) is 2.36. The Morgan fingerprint density at radius 3 is 2.08 bits per heavy atom. The number of nitrogens with zero attached hydrogens (tertiary/aromatic N) is 1. The van der Waals surface area contributed by atoms with Gasteiger partial charge in [-0.15, -0.1) is 0 Å². The van der Waals surface area contributed by atoms with Crippen LogP contribution in [0.4, 0.5) is 5.69 Å². The lowest BCUT2D eigenvalue weighted by atomic mass is 9.99. The number of carbonyl (C=O) groups excluding carboxylic acids is 1. The van der Waals surface area contributed by atoms with E-state index in [2.05, 4.69) is 18.6 Å². The van der Waals surface area contributed by atoms with Crippen LogP contribution in [0.5, 0.6) is 0 Å². The first-order valence-corrected chi connectivity index (χ1v) is 9.67. The molecule has 2 rings (SSSR count). The Labute approximate surface area is 149 Å². The molecule has 2 aromatic rings. The van der Waals surface area contributed by atoms with Crippen molar-refractivity contribution < 1.29 is 13.2 Å². The maximum atomic E-state index is 12.5. The highest BCUT2D eigenvalue weighted by Gasteiger charge is 2.15. The van der Waals surface area contributed by atoms with Gasteiger partial charge in [0.25, 0.3) is 15.9 Å². The smallest absolute Gasteiger partial charge is 0.261 e. The van der Waals surface area contributed by atoms with E-state index in [0.29, 0.717) is 17.2 Å². The minimum Gasteiger partial charge on any atom is -0.345 e. The molecule has 5 nitrogen and oxygen atoms in total. The molecule has 0 heterocycles. The Morgan fingerprint density at radius 2 is 1.60 bits per heavy atom. The van der Waals surface area contributed by atoms with Crippen molar-refractivity contribution in [3.8, 4) is 0 Å². The number of nitrogens with one attached hydrogen (secondary N) is 1. The van der Waals surface area contributed by atoms with Crippen LogP contribution in [-0.4, -0.2) is 33.3 Å². The lowest BCUT2D eigenvalue weighted by Gasteiger charge is -2.13. The second-order valence-corrected chi connectivity index (χ2v) is 7.94. The van der Waals surface area contributed by atoms with Gasteiger partial charge in [-0.1, -0.05) is 26.0 Å². The molecule has 6 heteroatoms. The number of sulfonamides is 1. The fourth-order valence-corrected chi connectivity index (χ4v) is 3.42. The van der Waals surface area contributed by atoms with E-state index in [0.717, 1.165) is 12.0 Å². The molecule has 2 aromatic carbocycles. The lowest BCUT2D eigenvalue weighted by molar-refractivity contribution is 0.0827. The molecular formula is C19H24N2O3S. The Balaban J connectivity index is 2.17. The van der Waals surface area contributed by atoms with Crippen molar-refractivity contribution in [2.24, 2.45) is 0 Å². The summed E-state index contributed by atoms with van der Waals surface area (Å²) >= 11 is 0. The molecule has 0 aliphatic carbocycles. The van der Waals surface area contributed by atoms with Gasteiger partial charge in [-0.2, -0.15) is 0 Å². The van der Waals surface area contributed by atoms with Crippen molar-refractivity contribution in [1.82, 2.24) is 4.90 Å². The quantitative estimate of drug-likeness (QED) is 0.854. The van der Waals surface area contributed by atoms with E-state index in [9.17, 15) is 13.2 Å². The van der Waals surface area contributed by atoms with Crippen LogP contribution in [0.3, 0.4) is 0 Å². The number of anilines is 1. The van der Waals surface area contributed by atoms with Crippen LogP contribution >= 0.6 is 0 Å². The predicted octanol–water partition coefficient (Wildman–Crippen LogP) is 3.70. The van der Waals surface area contributed by atoms with E-state index in [-0.39, 0.29) is 10.8 Å². The van der Waals surface area contributed by atoms with E-state index in [1.807, 2.05) is 12.1 Å². The van der Waals surface area contributed by atoms with Gasteiger partial charge in [0, 0.05) is 25.3 Å². The highest BCUT2D eigenvalue weighted by molar-refractivity contribution is 7.92. The third-order valence-corrected chi connectivity index (χ3v) is 5.56. The number of rotatable bonds is 6. The van der Waals surface area contributed by atoms with Crippen molar-refractivity contribution in [3.05, 3.63) is 59.7 Å². The first kappa shape index (κ1) is 19.0. The van der Waals surface area contributed by atoms with Gasteiger partial charge < -0.3 is 4.90 Å².